The van der Waals surface area contributed by atoms with E-state index in [1.165, 1.54) is 29.5 Å². The number of carbonyl (C=O) groups excluding carboxylic acids is 1. The fraction of sp³-hybridized carbons (Fsp3) is 0.143. The van der Waals surface area contributed by atoms with Gasteiger partial charge in [-0.3, -0.25) is 19.6 Å². The molecule has 1 N–H and O–H groups in total. The maximum Gasteiger partial charge on any atom is 0.310 e. The van der Waals surface area contributed by atoms with Gasteiger partial charge in [-0.15, -0.1) is 0 Å². The molecule has 1 atom stereocenters. The number of nitrogens with one attached hydrogen (secondary N) is 1. The second-order valence-corrected chi connectivity index (χ2v) is 8.95. The molecule has 1 aromatic heterocycles. The lowest BCUT2D eigenvalue weighted by Crippen LogP contribution is -2.26. The van der Waals surface area contributed by atoms with Gasteiger partial charge in [-0.1, -0.05) is 24.3 Å². The fourth-order valence-corrected chi connectivity index (χ4v) is 4.00. The summed E-state index contributed by atoms with van der Waals surface area (Å²) in [5, 5.41) is 17.0. The zero-order chi connectivity index (χ0) is 22.9. The first-order valence-electron chi connectivity index (χ1n) is 9.48. The standard InChI is InChI=1S/C21H18N4O6S/c1-32(29,30)23-16-9-7-14(8-10-16)18-13-19(15-4-2-5-17(12-15)25(27)28)24(22-18)21(26)20-6-3-11-31-20/h2-12,19,23H,13H2,1H3/t19-/m1/s1. The van der Waals surface area contributed by atoms with Crippen molar-refractivity contribution in [2.75, 3.05) is 11.0 Å². The maximum absolute atomic E-state index is 13.0. The average Bonchev–Trinajstić information content (AvgIpc) is 3.43. The first kappa shape index (κ1) is 21.2. The van der Waals surface area contributed by atoms with E-state index in [1.54, 1.807) is 42.5 Å². The Morgan fingerprint density at radius 3 is 2.56 bits per heavy atom. The Balaban J connectivity index is 1.68. The number of carbonyl (C=O) groups is 1. The van der Waals surface area contributed by atoms with Crippen molar-refractivity contribution in [2.24, 2.45) is 5.10 Å². The molecule has 11 heteroatoms. The number of amides is 1. The molecule has 0 fully saturated rings. The summed E-state index contributed by atoms with van der Waals surface area (Å²) in [5.74, 6) is -0.380. The first-order chi connectivity index (χ1) is 15.2. The minimum atomic E-state index is -3.41. The van der Waals surface area contributed by atoms with Crippen LogP contribution in [-0.2, 0) is 10.0 Å². The Morgan fingerprint density at radius 2 is 1.94 bits per heavy atom. The molecule has 0 bridgehead atoms. The van der Waals surface area contributed by atoms with E-state index >= 15 is 0 Å². The Labute approximate surface area is 183 Å². The second-order valence-electron chi connectivity index (χ2n) is 7.20. The Morgan fingerprint density at radius 1 is 1.19 bits per heavy atom. The van der Waals surface area contributed by atoms with Gasteiger partial charge in [0.15, 0.2) is 5.76 Å². The summed E-state index contributed by atoms with van der Waals surface area (Å²) in [4.78, 5) is 23.7. The summed E-state index contributed by atoms with van der Waals surface area (Å²) in [7, 11) is -3.41. The number of anilines is 1. The number of hydrogen-bond donors (Lipinski definition) is 1. The molecule has 1 amide bonds. The predicted octanol–water partition coefficient (Wildman–Crippen LogP) is 3.55. The highest BCUT2D eigenvalue weighted by Gasteiger charge is 2.35. The highest BCUT2D eigenvalue weighted by Crippen LogP contribution is 2.35. The molecule has 0 saturated heterocycles. The number of non-ortho nitro benzene ring substituents is 1. The van der Waals surface area contributed by atoms with Crippen molar-refractivity contribution in [2.45, 2.75) is 12.5 Å². The lowest BCUT2D eigenvalue weighted by molar-refractivity contribution is -0.384. The van der Waals surface area contributed by atoms with E-state index < -0.39 is 26.9 Å². The Kier molecular flexibility index (Phi) is 5.49. The van der Waals surface area contributed by atoms with E-state index in [0.717, 1.165) is 6.26 Å². The molecule has 2 aromatic carbocycles. The van der Waals surface area contributed by atoms with Gasteiger partial charge < -0.3 is 4.42 Å². The second kappa shape index (κ2) is 8.27. The van der Waals surface area contributed by atoms with Crippen LogP contribution < -0.4 is 4.72 Å². The molecule has 4 rings (SSSR count). The topological polar surface area (TPSA) is 135 Å². The number of sulfonamides is 1. The van der Waals surface area contributed by atoms with Crippen LogP contribution in [0.2, 0.25) is 0 Å². The zero-order valence-corrected chi connectivity index (χ0v) is 17.7. The smallest absolute Gasteiger partial charge is 0.310 e. The van der Waals surface area contributed by atoms with Gasteiger partial charge in [0.25, 0.3) is 5.69 Å². The van der Waals surface area contributed by atoms with E-state index in [-0.39, 0.29) is 11.4 Å². The van der Waals surface area contributed by atoms with Crippen LogP contribution in [-0.4, -0.2) is 36.2 Å². The number of furan rings is 1. The van der Waals surface area contributed by atoms with Crippen LogP contribution in [0.1, 0.15) is 34.1 Å². The van der Waals surface area contributed by atoms with Gasteiger partial charge in [0.1, 0.15) is 0 Å². The highest BCUT2D eigenvalue weighted by atomic mass is 32.2. The predicted molar refractivity (Wildman–Crippen MR) is 117 cm³/mol. The molecule has 10 nitrogen and oxygen atoms in total. The summed E-state index contributed by atoms with van der Waals surface area (Å²) >= 11 is 0. The number of nitro groups is 1. The number of nitrogens with zero attached hydrogens (tertiary/aromatic N) is 3. The number of rotatable bonds is 6. The molecule has 1 aliphatic heterocycles. The van der Waals surface area contributed by atoms with E-state index in [9.17, 15) is 23.3 Å². The molecule has 1 aliphatic rings. The third kappa shape index (κ3) is 4.52. The third-order valence-electron chi connectivity index (χ3n) is 4.84. The van der Waals surface area contributed by atoms with Crippen LogP contribution in [0.5, 0.6) is 0 Å². The van der Waals surface area contributed by atoms with Crippen LogP contribution in [0.15, 0.2) is 76.4 Å². The van der Waals surface area contributed by atoms with E-state index in [4.69, 9.17) is 4.42 Å². The van der Waals surface area contributed by atoms with Crippen LogP contribution in [0.4, 0.5) is 11.4 Å². The van der Waals surface area contributed by atoms with Gasteiger partial charge in [-0.05, 0) is 35.4 Å². The van der Waals surface area contributed by atoms with Gasteiger partial charge in [0.2, 0.25) is 10.0 Å². The lowest BCUT2D eigenvalue weighted by Gasteiger charge is -2.20. The van der Waals surface area contributed by atoms with Crippen molar-refractivity contribution in [3.05, 3.63) is 93.9 Å². The van der Waals surface area contributed by atoms with Gasteiger partial charge in [-0.2, -0.15) is 5.10 Å². The largest absolute Gasteiger partial charge is 0.459 e. The van der Waals surface area contributed by atoms with Crippen molar-refractivity contribution in [3.8, 4) is 0 Å². The number of benzene rings is 2. The van der Waals surface area contributed by atoms with Crippen molar-refractivity contribution < 1.29 is 22.6 Å². The molecule has 0 spiro atoms. The molecule has 2 heterocycles. The van der Waals surface area contributed by atoms with Crippen LogP contribution in [0.3, 0.4) is 0 Å². The van der Waals surface area contributed by atoms with Gasteiger partial charge in [0.05, 0.1) is 29.2 Å². The minimum Gasteiger partial charge on any atom is -0.459 e. The molecule has 3 aromatic rings. The summed E-state index contributed by atoms with van der Waals surface area (Å²) in [6.07, 6.45) is 2.75. The molecule has 32 heavy (non-hydrogen) atoms. The maximum atomic E-state index is 13.0. The highest BCUT2D eigenvalue weighted by molar-refractivity contribution is 7.92. The van der Waals surface area contributed by atoms with E-state index in [1.807, 2.05) is 0 Å². The van der Waals surface area contributed by atoms with Gasteiger partial charge >= 0.3 is 5.91 Å². The molecular weight excluding hydrogens is 436 g/mol. The normalized spacial score (nSPS) is 16.0. The first-order valence-corrected chi connectivity index (χ1v) is 11.4. The van der Waals surface area contributed by atoms with Gasteiger partial charge in [0, 0.05) is 24.2 Å². The van der Waals surface area contributed by atoms with Crippen molar-refractivity contribution in [1.29, 1.82) is 0 Å². The third-order valence-corrected chi connectivity index (χ3v) is 5.44. The zero-order valence-electron chi connectivity index (χ0n) is 16.8. The Hall–Kier alpha value is -3.99. The van der Waals surface area contributed by atoms with E-state index in [0.29, 0.717) is 28.9 Å². The molecule has 0 unspecified atom stereocenters. The molecule has 0 saturated carbocycles. The van der Waals surface area contributed by atoms with Crippen LogP contribution in [0.25, 0.3) is 0 Å². The lowest BCUT2D eigenvalue weighted by atomic mass is 9.98. The number of nitro benzene ring substituents is 1. The van der Waals surface area contributed by atoms with E-state index in [2.05, 4.69) is 9.82 Å². The SMILES string of the molecule is CS(=O)(=O)Nc1ccc(C2=NN(C(=O)c3ccco3)[C@@H](c3cccc([N+](=O)[O-])c3)C2)cc1. The monoisotopic (exact) mass is 454 g/mol. The minimum absolute atomic E-state index is 0.0856. The Bertz CT molecular complexity index is 1300. The molecular formula is C21H18N4O6S. The summed E-state index contributed by atoms with van der Waals surface area (Å²) in [6, 6.07) is 15.2. The number of hydrazone groups is 1. The van der Waals surface area contributed by atoms with Crippen molar-refractivity contribution in [3.63, 3.8) is 0 Å². The van der Waals surface area contributed by atoms with Crippen LogP contribution >= 0.6 is 0 Å². The van der Waals surface area contributed by atoms with Crippen molar-refractivity contribution in [1.82, 2.24) is 5.01 Å². The molecule has 0 radical (unpaired) electrons. The number of hydrogen-bond acceptors (Lipinski definition) is 7. The molecule has 164 valence electrons. The quantitative estimate of drug-likeness (QED) is 0.447. The van der Waals surface area contributed by atoms with Crippen LogP contribution in [0, 0.1) is 10.1 Å². The summed E-state index contributed by atoms with van der Waals surface area (Å²) in [5.41, 5.74) is 2.14. The van der Waals surface area contributed by atoms with Gasteiger partial charge in [-0.25, -0.2) is 13.4 Å². The summed E-state index contributed by atoms with van der Waals surface area (Å²) in [6.45, 7) is 0. The average molecular weight is 454 g/mol. The van der Waals surface area contributed by atoms with Crippen molar-refractivity contribution >= 4 is 33.0 Å². The summed E-state index contributed by atoms with van der Waals surface area (Å²) < 4.78 is 30.4. The fourth-order valence-electron chi connectivity index (χ4n) is 3.44. The molecule has 0 aliphatic carbocycles.